The Morgan fingerprint density at radius 3 is 2.52 bits per heavy atom. The zero-order chi connectivity index (χ0) is 14.8. The summed E-state index contributed by atoms with van der Waals surface area (Å²) in [6.45, 7) is 3.96. The van der Waals surface area contributed by atoms with Crippen LogP contribution in [-0.4, -0.2) is 12.0 Å². The molecule has 0 fully saturated rings. The summed E-state index contributed by atoms with van der Waals surface area (Å²) in [6, 6.07) is 14.8. The van der Waals surface area contributed by atoms with E-state index in [9.17, 15) is 4.79 Å². The summed E-state index contributed by atoms with van der Waals surface area (Å²) in [7, 11) is 0. The Bertz CT molecular complexity index is 649. The molecule has 1 N–H and O–H groups in total. The van der Waals surface area contributed by atoms with Crippen LogP contribution < -0.4 is 14.8 Å². The first-order valence-corrected chi connectivity index (χ1v) is 6.96. The van der Waals surface area contributed by atoms with Gasteiger partial charge in [-0.05, 0) is 50.2 Å². The molecule has 1 heterocycles. The van der Waals surface area contributed by atoms with E-state index in [-0.39, 0.29) is 12.0 Å². The second-order valence-corrected chi connectivity index (χ2v) is 5.20. The first-order valence-electron chi connectivity index (χ1n) is 6.96. The van der Waals surface area contributed by atoms with Gasteiger partial charge < -0.3 is 14.8 Å². The maximum atomic E-state index is 12.1. The zero-order valence-corrected chi connectivity index (χ0v) is 12.0. The minimum Gasteiger partial charge on any atom is -0.491 e. The summed E-state index contributed by atoms with van der Waals surface area (Å²) in [5.74, 6) is 1.29. The molecule has 0 saturated carbocycles. The number of hydrogen-bond donors (Lipinski definition) is 1. The largest absolute Gasteiger partial charge is 0.491 e. The van der Waals surface area contributed by atoms with Gasteiger partial charge >= 0.3 is 0 Å². The van der Waals surface area contributed by atoms with Crippen molar-refractivity contribution in [3.63, 3.8) is 0 Å². The SMILES string of the molecule is CC(C)Oc1ccc([C@@H]2NC(=O)c3ccccc3O2)cc1. The van der Waals surface area contributed by atoms with Crippen LogP contribution in [0.1, 0.15) is 36.0 Å². The fourth-order valence-electron chi connectivity index (χ4n) is 2.25. The molecule has 0 aromatic heterocycles. The quantitative estimate of drug-likeness (QED) is 0.940. The third-order valence-corrected chi connectivity index (χ3v) is 3.19. The molecule has 2 aromatic rings. The standard InChI is InChI=1S/C17H17NO3/c1-11(2)20-13-9-7-12(8-10-13)17-18-16(19)14-5-3-4-6-15(14)21-17/h3-11,17H,1-2H3,(H,18,19)/t17-/m1/s1. The Kier molecular flexibility index (Phi) is 3.52. The molecule has 0 bridgehead atoms. The van der Waals surface area contributed by atoms with E-state index < -0.39 is 6.23 Å². The summed E-state index contributed by atoms with van der Waals surface area (Å²) in [4.78, 5) is 12.1. The van der Waals surface area contributed by atoms with Crippen LogP contribution in [-0.2, 0) is 0 Å². The number of carbonyl (C=O) groups is 1. The number of amides is 1. The lowest BCUT2D eigenvalue weighted by Crippen LogP contribution is -2.36. The van der Waals surface area contributed by atoms with E-state index in [1.54, 1.807) is 12.1 Å². The molecule has 108 valence electrons. The normalized spacial score (nSPS) is 16.9. The predicted molar refractivity (Wildman–Crippen MR) is 79.5 cm³/mol. The molecule has 0 aliphatic carbocycles. The van der Waals surface area contributed by atoms with Crippen molar-refractivity contribution in [2.75, 3.05) is 0 Å². The van der Waals surface area contributed by atoms with Crippen molar-refractivity contribution in [3.05, 3.63) is 59.7 Å². The van der Waals surface area contributed by atoms with Crippen LogP contribution in [0.2, 0.25) is 0 Å². The van der Waals surface area contributed by atoms with Crippen LogP contribution in [0.15, 0.2) is 48.5 Å². The number of hydrogen-bond acceptors (Lipinski definition) is 3. The molecule has 1 aliphatic heterocycles. The average Bonchev–Trinajstić information content (AvgIpc) is 2.47. The highest BCUT2D eigenvalue weighted by Gasteiger charge is 2.26. The Balaban J connectivity index is 1.81. The molecule has 4 heteroatoms. The van der Waals surface area contributed by atoms with Gasteiger partial charge in [-0.15, -0.1) is 0 Å². The number of carbonyl (C=O) groups excluding carboxylic acids is 1. The highest BCUT2D eigenvalue weighted by molar-refractivity contribution is 5.97. The second kappa shape index (κ2) is 5.48. The first kappa shape index (κ1) is 13.5. The Labute approximate surface area is 123 Å². The van der Waals surface area contributed by atoms with E-state index in [1.807, 2.05) is 50.2 Å². The molecule has 1 amide bonds. The molecule has 1 aliphatic rings. The summed E-state index contributed by atoms with van der Waals surface area (Å²) in [6.07, 6.45) is -0.339. The number of para-hydroxylation sites is 1. The molecular weight excluding hydrogens is 266 g/mol. The van der Waals surface area contributed by atoms with Crippen LogP contribution in [0.25, 0.3) is 0 Å². The fourth-order valence-corrected chi connectivity index (χ4v) is 2.25. The molecule has 1 atom stereocenters. The van der Waals surface area contributed by atoms with E-state index in [2.05, 4.69) is 5.32 Å². The van der Waals surface area contributed by atoms with Gasteiger partial charge in [0.25, 0.3) is 5.91 Å². The number of benzene rings is 2. The van der Waals surface area contributed by atoms with E-state index in [4.69, 9.17) is 9.47 Å². The molecular formula is C17H17NO3. The van der Waals surface area contributed by atoms with Gasteiger partial charge in [0.2, 0.25) is 0 Å². The summed E-state index contributed by atoms with van der Waals surface area (Å²) >= 11 is 0. The Morgan fingerprint density at radius 1 is 1.10 bits per heavy atom. The van der Waals surface area contributed by atoms with Gasteiger partial charge in [-0.2, -0.15) is 0 Å². The van der Waals surface area contributed by atoms with Gasteiger partial charge in [-0.1, -0.05) is 12.1 Å². The lowest BCUT2D eigenvalue weighted by molar-refractivity contribution is 0.0756. The first-order chi connectivity index (χ1) is 10.1. The van der Waals surface area contributed by atoms with Gasteiger partial charge in [0.15, 0.2) is 6.23 Å². The predicted octanol–water partition coefficient (Wildman–Crippen LogP) is 3.29. The topological polar surface area (TPSA) is 47.6 Å². The lowest BCUT2D eigenvalue weighted by atomic mass is 10.1. The van der Waals surface area contributed by atoms with Crippen molar-refractivity contribution in [2.45, 2.75) is 26.2 Å². The number of rotatable bonds is 3. The van der Waals surface area contributed by atoms with E-state index >= 15 is 0 Å². The van der Waals surface area contributed by atoms with Gasteiger partial charge in [-0.25, -0.2) is 0 Å². The minimum absolute atomic E-state index is 0.121. The highest BCUT2D eigenvalue weighted by atomic mass is 16.5. The van der Waals surface area contributed by atoms with Crippen molar-refractivity contribution < 1.29 is 14.3 Å². The lowest BCUT2D eigenvalue weighted by Gasteiger charge is -2.27. The van der Waals surface area contributed by atoms with E-state index in [0.717, 1.165) is 11.3 Å². The Hall–Kier alpha value is -2.49. The molecule has 21 heavy (non-hydrogen) atoms. The smallest absolute Gasteiger partial charge is 0.258 e. The molecule has 2 aromatic carbocycles. The van der Waals surface area contributed by atoms with Crippen LogP contribution in [0, 0.1) is 0 Å². The van der Waals surface area contributed by atoms with Crippen LogP contribution >= 0.6 is 0 Å². The van der Waals surface area contributed by atoms with E-state index in [0.29, 0.717) is 11.3 Å². The summed E-state index contributed by atoms with van der Waals surface area (Å²) in [5.41, 5.74) is 1.45. The number of fused-ring (bicyclic) bond motifs is 1. The van der Waals surface area contributed by atoms with E-state index in [1.165, 1.54) is 0 Å². The molecule has 4 nitrogen and oxygen atoms in total. The fraction of sp³-hybridized carbons (Fsp3) is 0.235. The minimum atomic E-state index is -0.472. The third kappa shape index (κ3) is 2.84. The third-order valence-electron chi connectivity index (χ3n) is 3.19. The maximum Gasteiger partial charge on any atom is 0.258 e. The number of nitrogens with one attached hydrogen (secondary N) is 1. The van der Waals surface area contributed by atoms with Crippen molar-refractivity contribution in [1.82, 2.24) is 5.32 Å². The average molecular weight is 283 g/mol. The van der Waals surface area contributed by atoms with Gasteiger partial charge in [0.1, 0.15) is 11.5 Å². The number of ether oxygens (including phenoxy) is 2. The van der Waals surface area contributed by atoms with Gasteiger partial charge in [0.05, 0.1) is 11.7 Å². The van der Waals surface area contributed by atoms with Gasteiger partial charge in [0, 0.05) is 5.56 Å². The van der Waals surface area contributed by atoms with Crippen molar-refractivity contribution in [2.24, 2.45) is 0 Å². The van der Waals surface area contributed by atoms with Gasteiger partial charge in [-0.3, -0.25) is 4.79 Å². The second-order valence-electron chi connectivity index (χ2n) is 5.20. The van der Waals surface area contributed by atoms with Crippen molar-refractivity contribution >= 4 is 5.91 Å². The highest BCUT2D eigenvalue weighted by Crippen LogP contribution is 2.29. The molecule has 0 unspecified atom stereocenters. The molecule has 0 radical (unpaired) electrons. The molecule has 3 rings (SSSR count). The molecule has 0 spiro atoms. The monoisotopic (exact) mass is 283 g/mol. The summed E-state index contributed by atoms with van der Waals surface area (Å²) in [5, 5.41) is 2.85. The Morgan fingerprint density at radius 2 is 1.81 bits per heavy atom. The van der Waals surface area contributed by atoms with Crippen molar-refractivity contribution in [3.8, 4) is 11.5 Å². The summed E-state index contributed by atoms with van der Waals surface area (Å²) < 4.78 is 11.4. The van der Waals surface area contributed by atoms with Crippen LogP contribution in [0.3, 0.4) is 0 Å². The van der Waals surface area contributed by atoms with Crippen LogP contribution in [0.4, 0.5) is 0 Å². The van der Waals surface area contributed by atoms with Crippen LogP contribution in [0.5, 0.6) is 11.5 Å². The molecule has 0 saturated heterocycles. The zero-order valence-electron chi connectivity index (χ0n) is 12.0. The van der Waals surface area contributed by atoms with Crippen molar-refractivity contribution in [1.29, 1.82) is 0 Å². The maximum absolute atomic E-state index is 12.1.